The van der Waals surface area contributed by atoms with Gasteiger partial charge in [0, 0.05) is 19.2 Å². The average Bonchev–Trinajstić information content (AvgIpc) is 2.99. The molecule has 2 heterocycles. The average molecular weight is 337 g/mol. The topological polar surface area (TPSA) is 0 Å². The van der Waals surface area contributed by atoms with Gasteiger partial charge in [0.15, 0.2) is 0 Å². The standard InChI is InChI=1S/C20H32S2/c1-7-9-11-15-17(13(3)4)21-20-16(12-10-8-2)18(14(5)6)22-19(15)20/h13-14H,7-12H2,1-6H3. The van der Waals surface area contributed by atoms with Crippen molar-refractivity contribution in [2.45, 2.75) is 91.9 Å². The lowest BCUT2D eigenvalue weighted by molar-refractivity contribution is 0.781. The summed E-state index contributed by atoms with van der Waals surface area (Å²) in [7, 11) is 0. The van der Waals surface area contributed by atoms with Crippen molar-refractivity contribution < 1.29 is 0 Å². The van der Waals surface area contributed by atoms with Crippen molar-refractivity contribution in [2.75, 3.05) is 0 Å². The highest BCUT2D eigenvalue weighted by Gasteiger charge is 2.22. The summed E-state index contributed by atoms with van der Waals surface area (Å²) in [6.45, 7) is 14.1. The molecule has 0 radical (unpaired) electrons. The summed E-state index contributed by atoms with van der Waals surface area (Å²) < 4.78 is 3.27. The van der Waals surface area contributed by atoms with Gasteiger partial charge in [0.25, 0.3) is 0 Å². The van der Waals surface area contributed by atoms with Gasteiger partial charge in [-0.05, 0) is 48.6 Å². The first-order valence-corrected chi connectivity index (χ1v) is 10.7. The van der Waals surface area contributed by atoms with Crippen LogP contribution in [0.2, 0.25) is 0 Å². The summed E-state index contributed by atoms with van der Waals surface area (Å²) >= 11 is 4.22. The summed E-state index contributed by atoms with van der Waals surface area (Å²) in [5, 5.41) is 0. The summed E-state index contributed by atoms with van der Waals surface area (Å²) in [6, 6.07) is 0. The van der Waals surface area contributed by atoms with E-state index in [1.54, 1.807) is 30.3 Å². The first-order chi connectivity index (χ1) is 10.5. The van der Waals surface area contributed by atoms with Crippen molar-refractivity contribution in [3.8, 4) is 0 Å². The fourth-order valence-corrected chi connectivity index (χ4v) is 6.22. The largest absolute Gasteiger partial charge is 0.139 e. The molecule has 0 aromatic carbocycles. The lowest BCUT2D eigenvalue weighted by atomic mass is 10.0. The number of hydrogen-bond donors (Lipinski definition) is 0. The molecule has 0 saturated carbocycles. The Morgan fingerprint density at radius 1 is 0.682 bits per heavy atom. The van der Waals surface area contributed by atoms with Crippen LogP contribution in [0.5, 0.6) is 0 Å². The van der Waals surface area contributed by atoms with Crippen molar-refractivity contribution >= 4 is 32.1 Å². The van der Waals surface area contributed by atoms with Gasteiger partial charge in [-0.15, -0.1) is 22.7 Å². The number of aryl methyl sites for hydroxylation is 2. The minimum atomic E-state index is 0.665. The minimum absolute atomic E-state index is 0.665. The van der Waals surface area contributed by atoms with Crippen LogP contribution in [0.4, 0.5) is 0 Å². The van der Waals surface area contributed by atoms with Crippen LogP contribution >= 0.6 is 22.7 Å². The van der Waals surface area contributed by atoms with Gasteiger partial charge < -0.3 is 0 Å². The first kappa shape index (κ1) is 18.0. The molecular formula is C20H32S2. The van der Waals surface area contributed by atoms with E-state index < -0.39 is 0 Å². The molecule has 0 fully saturated rings. The monoisotopic (exact) mass is 336 g/mol. The zero-order valence-corrected chi connectivity index (χ0v) is 16.8. The molecule has 0 saturated heterocycles. The SMILES string of the molecule is CCCCc1c(C(C)C)sc2c(CCCC)c(C(C)C)sc12. The summed E-state index contributed by atoms with van der Waals surface area (Å²) in [5.41, 5.74) is 3.37. The van der Waals surface area contributed by atoms with Crippen molar-refractivity contribution in [1.29, 1.82) is 0 Å². The van der Waals surface area contributed by atoms with E-state index in [0.717, 1.165) is 0 Å². The van der Waals surface area contributed by atoms with Crippen LogP contribution in [0.3, 0.4) is 0 Å². The predicted octanol–water partition coefficient (Wildman–Crippen LogP) is 7.89. The van der Waals surface area contributed by atoms with Crippen molar-refractivity contribution in [1.82, 2.24) is 0 Å². The van der Waals surface area contributed by atoms with E-state index in [4.69, 9.17) is 0 Å². The van der Waals surface area contributed by atoms with E-state index in [-0.39, 0.29) is 0 Å². The second kappa shape index (κ2) is 7.97. The van der Waals surface area contributed by atoms with E-state index in [2.05, 4.69) is 64.2 Å². The van der Waals surface area contributed by atoms with Crippen molar-refractivity contribution in [3.05, 3.63) is 20.9 Å². The summed E-state index contributed by atoms with van der Waals surface area (Å²) in [5.74, 6) is 1.33. The Morgan fingerprint density at radius 3 is 1.32 bits per heavy atom. The van der Waals surface area contributed by atoms with E-state index in [1.165, 1.54) is 38.5 Å². The van der Waals surface area contributed by atoms with Crippen LogP contribution < -0.4 is 0 Å². The third kappa shape index (κ3) is 3.59. The molecule has 124 valence electrons. The second-order valence-electron chi connectivity index (χ2n) is 7.06. The minimum Gasteiger partial charge on any atom is -0.139 e. The number of thiophene rings is 2. The molecule has 2 aromatic rings. The third-order valence-corrected chi connectivity index (χ3v) is 7.70. The smallest absolute Gasteiger partial charge is 0.0491 e. The van der Waals surface area contributed by atoms with E-state index >= 15 is 0 Å². The Kier molecular flexibility index (Phi) is 6.52. The molecule has 2 aromatic heterocycles. The van der Waals surface area contributed by atoms with Crippen LogP contribution in [0.25, 0.3) is 9.40 Å². The number of hydrogen-bond acceptors (Lipinski definition) is 2. The van der Waals surface area contributed by atoms with Gasteiger partial charge in [-0.2, -0.15) is 0 Å². The lowest BCUT2D eigenvalue weighted by Gasteiger charge is -2.09. The van der Waals surface area contributed by atoms with Gasteiger partial charge in [0.2, 0.25) is 0 Å². The Morgan fingerprint density at radius 2 is 1.05 bits per heavy atom. The first-order valence-electron chi connectivity index (χ1n) is 9.07. The molecule has 0 aliphatic carbocycles. The molecule has 0 aliphatic rings. The van der Waals surface area contributed by atoms with Crippen LogP contribution in [0, 0.1) is 0 Å². The maximum Gasteiger partial charge on any atom is 0.0491 e. The molecule has 0 bridgehead atoms. The summed E-state index contributed by atoms with van der Waals surface area (Å²) in [4.78, 5) is 3.31. The van der Waals surface area contributed by atoms with Crippen LogP contribution in [-0.2, 0) is 12.8 Å². The summed E-state index contributed by atoms with van der Waals surface area (Å²) in [6.07, 6.45) is 7.78. The number of fused-ring (bicyclic) bond motifs is 1. The van der Waals surface area contributed by atoms with Crippen molar-refractivity contribution in [3.63, 3.8) is 0 Å². The van der Waals surface area contributed by atoms with Gasteiger partial charge in [-0.3, -0.25) is 0 Å². The predicted molar refractivity (Wildman–Crippen MR) is 105 cm³/mol. The van der Waals surface area contributed by atoms with E-state index in [9.17, 15) is 0 Å². The third-order valence-electron chi connectivity index (χ3n) is 4.38. The molecule has 0 atom stereocenters. The van der Waals surface area contributed by atoms with E-state index in [1.807, 2.05) is 0 Å². The molecule has 22 heavy (non-hydrogen) atoms. The van der Waals surface area contributed by atoms with Gasteiger partial charge in [-0.1, -0.05) is 54.4 Å². The Labute approximate surface area is 145 Å². The highest BCUT2D eigenvalue weighted by molar-refractivity contribution is 7.28. The zero-order chi connectivity index (χ0) is 16.3. The Bertz CT molecular complexity index is 545. The molecule has 0 N–H and O–H groups in total. The molecule has 0 unspecified atom stereocenters. The Hall–Kier alpha value is -0.340. The van der Waals surface area contributed by atoms with Gasteiger partial charge in [-0.25, -0.2) is 0 Å². The van der Waals surface area contributed by atoms with Gasteiger partial charge in [0.1, 0.15) is 0 Å². The molecule has 0 nitrogen and oxygen atoms in total. The molecule has 0 aliphatic heterocycles. The van der Waals surface area contributed by atoms with Crippen LogP contribution in [0.1, 0.15) is 99.9 Å². The highest BCUT2D eigenvalue weighted by Crippen LogP contribution is 2.46. The molecule has 2 heteroatoms. The van der Waals surface area contributed by atoms with Crippen molar-refractivity contribution in [2.24, 2.45) is 0 Å². The van der Waals surface area contributed by atoms with Crippen LogP contribution in [0.15, 0.2) is 0 Å². The maximum atomic E-state index is 2.36. The maximum absolute atomic E-state index is 2.36. The fourth-order valence-electron chi connectivity index (χ4n) is 3.17. The second-order valence-corrected chi connectivity index (χ2v) is 9.17. The lowest BCUT2D eigenvalue weighted by Crippen LogP contribution is -1.92. The quantitative estimate of drug-likeness (QED) is 0.459. The fraction of sp³-hybridized carbons (Fsp3) is 0.700. The molecule has 2 rings (SSSR count). The van der Waals surface area contributed by atoms with Gasteiger partial charge in [0.05, 0.1) is 0 Å². The highest BCUT2D eigenvalue weighted by atomic mass is 32.1. The molecular weight excluding hydrogens is 304 g/mol. The number of rotatable bonds is 8. The van der Waals surface area contributed by atoms with E-state index in [0.29, 0.717) is 11.8 Å². The zero-order valence-electron chi connectivity index (χ0n) is 15.2. The Balaban J connectivity index is 2.57. The molecule has 0 amide bonds. The normalized spacial score (nSPS) is 12.2. The molecule has 0 spiro atoms. The van der Waals surface area contributed by atoms with Crippen LogP contribution in [-0.4, -0.2) is 0 Å². The number of unbranched alkanes of at least 4 members (excludes halogenated alkanes) is 2. The van der Waals surface area contributed by atoms with Gasteiger partial charge >= 0.3 is 0 Å².